The third kappa shape index (κ3) is 5.48. The van der Waals surface area contributed by atoms with Crippen LogP contribution >= 0.6 is 0 Å². The Hall–Kier alpha value is -2.63. The van der Waals surface area contributed by atoms with Crippen molar-refractivity contribution in [3.8, 4) is 0 Å². The average molecular weight is 290 g/mol. The second-order valence-corrected chi connectivity index (χ2v) is 4.50. The molecule has 0 unspecified atom stereocenters. The Labute approximate surface area is 122 Å². The lowest BCUT2D eigenvalue weighted by molar-refractivity contribution is -0.133. The van der Waals surface area contributed by atoms with Gasteiger partial charge in [0.05, 0.1) is 0 Å². The molecule has 0 aliphatic rings. The number of hydrogen-bond donors (Lipinski definition) is 3. The largest absolute Gasteiger partial charge is 0.478 e. The van der Waals surface area contributed by atoms with Crippen LogP contribution in [0.3, 0.4) is 0 Å². The van der Waals surface area contributed by atoms with Crippen molar-refractivity contribution >= 4 is 17.9 Å². The lowest BCUT2D eigenvalue weighted by Crippen LogP contribution is -2.41. The molecule has 0 aliphatic heterocycles. The molecule has 1 rings (SSSR count). The Kier molecular flexibility index (Phi) is 6.13. The Morgan fingerprint density at radius 1 is 1.05 bits per heavy atom. The molecule has 0 radical (unpaired) electrons. The summed E-state index contributed by atoms with van der Waals surface area (Å²) in [6.45, 7) is 3.05. The van der Waals surface area contributed by atoms with Crippen LogP contribution in [0.4, 0.5) is 4.79 Å². The van der Waals surface area contributed by atoms with Gasteiger partial charge >= 0.3 is 12.0 Å². The zero-order valence-electron chi connectivity index (χ0n) is 12.0. The van der Waals surface area contributed by atoms with Crippen molar-refractivity contribution in [2.45, 2.75) is 20.3 Å². The van der Waals surface area contributed by atoms with E-state index in [4.69, 9.17) is 5.11 Å². The van der Waals surface area contributed by atoms with E-state index in [1.54, 1.807) is 0 Å². The molecular formula is C15H18N2O4. The molecule has 6 heteroatoms. The fraction of sp³-hybridized carbons (Fsp3) is 0.267. The summed E-state index contributed by atoms with van der Waals surface area (Å²) in [4.78, 5) is 33.9. The Morgan fingerprint density at radius 3 is 2.24 bits per heavy atom. The molecule has 1 aromatic carbocycles. The number of nitrogens with one attached hydrogen (secondary N) is 2. The second-order valence-electron chi connectivity index (χ2n) is 4.50. The standard InChI is InChI=1S/C15H18N2O4/c1-10(11(2)14(19)20)13(18)17-15(21)16-9-8-12-6-4-3-5-7-12/h3-7H,8-9H2,1-2H3,(H,19,20)(H2,16,17,18,21). The van der Waals surface area contributed by atoms with Gasteiger partial charge in [-0.05, 0) is 25.8 Å². The topological polar surface area (TPSA) is 95.5 Å². The SMILES string of the molecule is CC(C(=O)O)=C(C)C(=O)NC(=O)NCCc1ccccc1. The van der Waals surface area contributed by atoms with Gasteiger partial charge < -0.3 is 10.4 Å². The van der Waals surface area contributed by atoms with E-state index in [0.717, 1.165) is 5.56 Å². The van der Waals surface area contributed by atoms with Crippen molar-refractivity contribution in [2.75, 3.05) is 6.54 Å². The molecule has 3 amide bonds. The normalized spacial score (nSPS) is 11.3. The first-order valence-corrected chi connectivity index (χ1v) is 6.45. The number of carboxylic acids is 1. The fourth-order valence-electron chi connectivity index (χ4n) is 1.54. The summed E-state index contributed by atoms with van der Waals surface area (Å²) in [6.07, 6.45) is 0.644. The number of carbonyl (C=O) groups is 3. The molecule has 0 saturated carbocycles. The quantitative estimate of drug-likeness (QED) is 0.716. The van der Waals surface area contributed by atoms with Crippen LogP contribution in [0.2, 0.25) is 0 Å². The summed E-state index contributed by atoms with van der Waals surface area (Å²) in [5, 5.41) is 13.4. The summed E-state index contributed by atoms with van der Waals surface area (Å²) < 4.78 is 0. The van der Waals surface area contributed by atoms with Crippen LogP contribution < -0.4 is 10.6 Å². The maximum Gasteiger partial charge on any atom is 0.331 e. The van der Waals surface area contributed by atoms with Crippen LogP contribution in [0.25, 0.3) is 0 Å². The molecule has 0 fully saturated rings. The van der Waals surface area contributed by atoms with Gasteiger partial charge in [0.2, 0.25) is 0 Å². The molecule has 0 atom stereocenters. The molecule has 0 saturated heterocycles. The van der Waals surface area contributed by atoms with E-state index in [2.05, 4.69) is 10.6 Å². The van der Waals surface area contributed by atoms with Crippen molar-refractivity contribution < 1.29 is 19.5 Å². The summed E-state index contributed by atoms with van der Waals surface area (Å²) >= 11 is 0. The molecule has 0 spiro atoms. The summed E-state index contributed by atoms with van der Waals surface area (Å²) in [5.74, 6) is -1.90. The van der Waals surface area contributed by atoms with Crippen molar-refractivity contribution in [1.29, 1.82) is 0 Å². The van der Waals surface area contributed by atoms with Crippen LogP contribution in [0.5, 0.6) is 0 Å². The summed E-state index contributed by atoms with van der Waals surface area (Å²) in [6, 6.07) is 8.95. The van der Waals surface area contributed by atoms with Crippen molar-refractivity contribution in [3.05, 3.63) is 47.0 Å². The molecule has 112 valence electrons. The van der Waals surface area contributed by atoms with E-state index < -0.39 is 17.9 Å². The Balaban J connectivity index is 2.42. The number of carbonyl (C=O) groups excluding carboxylic acids is 2. The zero-order chi connectivity index (χ0) is 15.8. The van der Waals surface area contributed by atoms with Gasteiger partial charge in [-0.3, -0.25) is 10.1 Å². The van der Waals surface area contributed by atoms with Crippen LogP contribution in [0, 0.1) is 0 Å². The molecule has 21 heavy (non-hydrogen) atoms. The molecular weight excluding hydrogens is 272 g/mol. The first-order chi connectivity index (χ1) is 9.91. The molecule has 3 N–H and O–H groups in total. The van der Waals surface area contributed by atoms with Crippen molar-refractivity contribution in [2.24, 2.45) is 0 Å². The predicted molar refractivity (Wildman–Crippen MR) is 77.7 cm³/mol. The minimum Gasteiger partial charge on any atom is -0.478 e. The lowest BCUT2D eigenvalue weighted by Gasteiger charge is -2.08. The summed E-state index contributed by atoms with van der Waals surface area (Å²) in [5.41, 5.74) is 0.979. The molecule has 0 aromatic heterocycles. The van der Waals surface area contributed by atoms with Crippen molar-refractivity contribution in [1.82, 2.24) is 10.6 Å². The number of aliphatic carboxylic acids is 1. The highest BCUT2D eigenvalue weighted by molar-refractivity contribution is 6.07. The van der Waals surface area contributed by atoms with Crippen LogP contribution in [-0.4, -0.2) is 29.6 Å². The van der Waals surface area contributed by atoms with Gasteiger partial charge in [0.1, 0.15) is 0 Å². The van der Waals surface area contributed by atoms with Gasteiger partial charge in [-0.2, -0.15) is 0 Å². The first-order valence-electron chi connectivity index (χ1n) is 6.45. The van der Waals surface area contributed by atoms with Gasteiger partial charge in [0.25, 0.3) is 5.91 Å². The van der Waals surface area contributed by atoms with Gasteiger partial charge in [-0.25, -0.2) is 9.59 Å². The van der Waals surface area contributed by atoms with Crippen LogP contribution in [0.15, 0.2) is 41.5 Å². The van der Waals surface area contributed by atoms with Gasteiger partial charge in [-0.15, -0.1) is 0 Å². The molecule has 0 heterocycles. The highest BCUT2D eigenvalue weighted by Gasteiger charge is 2.14. The van der Waals surface area contributed by atoms with Crippen molar-refractivity contribution in [3.63, 3.8) is 0 Å². The van der Waals surface area contributed by atoms with E-state index in [0.29, 0.717) is 13.0 Å². The molecule has 0 aliphatic carbocycles. The average Bonchev–Trinajstić information content (AvgIpc) is 2.46. The number of imide groups is 1. The third-order valence-electron chi connectivity index (χ3n) is 2.99. The lowest BCUT2D eigenvalue weighted by atomic mass is 10.1. The number of benzene rings is 1. The van der Waals surface area contributed by atoms with Crippen LogP contribution in [0.1, 0.15) is 19.4 Å². The number of hydrogen-bond acceptors (Lipinski definition) is 3. The molecule has 1 aromatic rings. The number of urea groups is 1. The maximum atomic E-state index is 11.6. The number of carboxylic acid groups (broad SMARTS) is 1. The highest BCUT2D eigenvalue weighted by Crippen LogP contribution is 2.03. The first kappa shape index (κ1) is 16.4. The second kappa shape index (κ2) is 7.84. The van der Waals surface area contributed by atoms with E-state index in [-0.39, 0.29) is 11.1 Å². The maximum absolute atomic E-state index is 11.6. The van der Waals surface area contributed by atoms with Gasteiger partial charge in [0.15, 0.2) is 0 Å². The Morgan fingerprint density at radius 2 is 1.67 bits per heavy atom. The molecule has 6 nitrogen and oxygen atoms in total. The number of rotatable bonds is 5. The van der Waals surface area contributed by atoms with Gasteiger partial charge in [-0.1, -0.05) is 30.3 Å². The third-order valence-corrected chi connectivity index (χ3v) is 2.99. The van der Waals surface area contributed by atoms with E-state index in [1.165, 1.54) is 13.8 Å². The Bertz CT molecular complexity index is 564. The fourth-order valence-corrected chi connectivity index (χ4v) is 1.54. The smallest absolute Gasteiger partial charge is 0.331 e. The van der Waals surface area contributed by atoms with Gasteiger partial charge in [0, 0.05) is 17.7 Å². The van der Waals surface area contributed by atoms with Crippen LogP contribution in [-0.2, 0) is 16.0 Å². The van der Waals surface area contributed by atoms with E-state index in [9.17, 15) is 14.4 Å². The minimum absolute atomic E-state index is 0.000657. The van der Waals surface area contributed by atoms with E-state index in [1.807, 2.05) is 30.3 Å². The highest BCUT2D eigenvalue weighted by atomic mass is 16.4. The molecule has 0 bridgehead atoms. The number of amides is 3. The summed E-state index contributed by atoms with van der Waals surface area (Å²) in [7, 11) is 0. The minimum atomic E-state index is -1.19. The monoisotopic (exact) mass is 290 g/mol. The predicted octanol–water partition coefficient (Wildman–Crippen LogP) is 1.48. The zero-order valence-corrected chi connectivity index (χ0v) is 12.0. The van der Waals surface area contributed by atoms with E-state index >= 15 is 0 Å².